The number of hydrogen-bond acceptors (Lipinski definition) is 7. The Hall–Kier alpha value is -4.07. The maximum absolute atomic E-state index is 12.9. The smallest absolute Gasteiger partial charge is 0.347 e. The Labute approximate surface area is 165 Å². The number of phenols is 1. The van der Waals surface area contributed by atoms with Gasteiger partial charge in [-0.1, -0.05) is 12.1 Å². The number of esters is 1. The molecular formula is C21H17N3O5. The number of carbonyl (C=O) groups excluding carboxylic acids is 2. The number of allylic oxidation sites excluding steroid dienone is 1. The van der Waals surface area contributed by atoms with Crippen LogP contribution < -0.4 is 5.32 Å². The van der Waals surface area contributed by atoms with Gasteiger partial charge in [-0.3, -0.25) is 4.79 Å². The molecule has 1 aromatic carbocycles. The van der Waals surface area contributed by atoms with Crippen LogP contribution in [0.4, 0.5) is 5.69 Å². The lowest BCUT2D eigenvalue weighted by Crippen LogP contribution is -2.16. The molecule has 3 aromatic rings. The molecule has 29 heavy (non-hydrogen) atoms. The first-order chi connectivity index (χ1) is 14.1. The fourth-order valence-corrected chi connectivity index (χ4v) is 2.94. The number of ketones is 1. The van der Waals surface area contributed by atoms with Gasteiger partial charge in [0.2, 0.25) is 11.7 Å². The predicted molar refractivity (Wildman–Crippen MR) is 106 cm³/mol. The van der Waals surface area contributed by atoms with Crippen LogP contribution in [0.2, 0.25) is 0 Å². The number of Topliss-reactive ketones (excluding diaryl/α,β-unsaturated/α-hetero) is 1. The maximum atomic E-state index is 12.9. The average Bonchev–Trinajstić information content (AvgIpc) is 3.25. The molecule has 0 saturated heterocycles. The summed E-state index contributed by atoms with van der Waals surface area (Å²) < 4.78 is 10.7. The van der Waals surface area contributed by atoms with Gasteiger partial charge in [0.1, 0.15) is 11.4 Å². The summed E-state index contributed by atoms with van der Waals surface area (Å²) in [6.07, 6.45) is 4.88. The highest BCUT2D eigenvalue weighted by atomic mass is 16.5. The average molecular weight is 391 g/mol. The summed E-state index contributed by atoms with van der Waals surface area (Å²) in [4.78, 5) is 32.5. The van der Waals surface area contributed by atoms with E-state index >= 15 is 0 Å². The second kappa shape index (κ2) is 7.51. The first-order valence-corrected chi connectivity index (χ1v) is 8.91. The number of nitrogens with one attached hydrogen (secondary N) is 2. The Morgan fingerprint density at radius 2 is 2.14 bits per heavy atom. The van der Waals surface area contributed by atoms with Crippen LogP contribution in [-0.4, -0.2) is 33.4 Å². The number of rotatable bonds is 5. The van der Waals surface area contributed by atoms with Gasteiger partial charge in [0.05, 0.1) is 12.3 Å². The van der Waals surface area contributed by atoms with Crippen molar-refractivity contribution in [2.75, 3.05) is 11.9 Å². The number of aromatic nitrogens is 2. The predicted octanol–water partition coefficient (Wildman–Crippen LogP) is 3.10. The van der Waals surface area contributed by atoms with E-state index in [2.05, 4.69) is 15.3 Å². The minimum atomic E-state index is -0.806. The molecule has 146 valence electrons. The largest absolute Gasteiger partial charge is 0.506 e. The van der Waals surface area contributed by atoms with Gasteiger partial charge in [-0.05, 0) is 37.3 Å². The molecule has 1 aliphatic heterocycles. The standard InChI is InChI=1S/C21H17N3O5/c1-2-28-21(27)17-18(26)16(10-12-11-23-19-13(12)6-5-9-22-19)29-20(17)24-14-7-3-4-8-15(14)25/h3-11,24-25H,2H2,1H3,(H,22,23)/b16-10-. The highest BCUT2D eigenvalue weighted by molar-refractivity contribution is 6.26. The molecule has 0 atom stereocenters. The molecule has 0 bridgehead atoms. The first kappa shape index (κ1) is 18.3. The van der Waals surface area contributed by atoms with Crippen molar-refractivity contribution in [3.8, 4) is 5.75 Å². The monoisotopic (exact) mass is 391 g/mol. The zero-order valence-corrected chi connectivity index (χ0v) is 15.4. The highest BCUT2D eigenvalue weighted by Gasteiger charge is 2.37. The number of phenolic OH excluding ortho intramolecular Hbond substituents is 1. The normalized spacial score (nSPS) is 15.1. The van der Waals surface area contributed by atoms with Crippen LogP contribution in [0.5, 0.6) is 5.75 Å². The number of pyridine rings is 1. The number of hydrogen-bond donors (Lipinski definition) is 3. The highest BCUT2D eigenvalue weighted by Crippen LogP contribution is 2.32. The van der Waals surface area contributed by atoms with Crippen LogP contribution >= 0.6 is 0 Å². The minimum absolute atomic E-state index is 0.0456. The first-order valence-electron chi connectivity index (χ1n) is 8.91. The molecular weight excluding hydrogens is 374 g/mol. The lowest BCUT2D eigenvalue weighted by molar-refractivity contribution is -0.139. The number of nitrogens with zero attached hydrogens (tertiary/aromatic N) is 1. The molecule has 1 aliphatic rings. The summed E-state index contributed by atoms with van der Waals surface area (Å²) in [6.45, 7) is 1.75. The van der Waals surface area contributed by atoms with E-state index in [0.717, 1.165) is 5.39 Å². The van der Waals surface area contributed by atoms with Crippen molar-refractivity contribution < 1.29 is 24.2 Å². The molecule has 2 aromatic heterocycles. The fraction of sp³-hybridized carbons (Fsp3) is 0.0952. The Morgan fingerprint density at radius 1 is 1.31 bits per heavy atom. The van der Waals surface area contributed by atoms with Gasteiger partial charge in [0.15, 0.2) is 11.3 Å². The van der Waals surface area contributed by atoms with E-state index in [1.165, 1.54) is 12.1 Å². The molecule has 0 radical (unpaired) electrons. The van der Waals surface area contributed by atoms with E-state index in [4.69, 9.17) is 9.47 Å². The van der Waals surface area contributed by atoms with Crippen LogP contribution in [0.25, 0.3) is 17.1 Å². The number of anilines is 1. The van der Waals surface area contributed by atoms with Gasteiger partial charge in [0.25, 0.3) is 0 Å². The number of carbonyl (C=O) groups is 2. The lowest BCUT2D eigenvalue weighted by Gasteiger charge is -2.10. The SMILES string of the molecule is CCOC(=O)C1=C(Nc2ccccc2O)O/C(=C\c2c[nH]c3ncccc23)C1=O. The van der Waals surface area contributed by atoms with Crippen molar-refractivity contribution in [2.45, 2.75) is 6.92 Å². The third-order valence-corrected chi connectivity index (χ3v) is 4.29. The van der Waals surface area contributed by atoms with Crippen LogP contribution in [0, 0.1) is 0 Å². The van der Waals surface area contributed by atoms with E-state index in [9.17, 15) is 14.7 Å². The minimum Gasteiger partial charge on any atom is -0.506 e. The molecule has 3 N–H and O–H groups in total. The zero-order valence-electron chi connectivity index (χ0n) is 15.4. The number of para-hydroxylation sites is 2. The van der Waals surface area contributed by atoms with Gasteiger partial charge in [-0.2, -0.15) is 0 Å². The number of aromatic hydroxyl groups is 1. The van der Waals surface area contributed by atoms with Crippen molar-refractivity contribution >= 4 is 34.5 Å². The topological polar surface area (TPSA) is 114 Å². The molecule has 0 aliphatic carbocycles. The van der Waals surface area contributed by atoms with Gasteiger partial charge in [-0.15, -0.1) is 0 Å². The van der Waals surface area contributed by atoms with Gasteiger partial charge >= 0.3 is 5.97 Å². The second-order valence-corrected chi connectivity index (χ2v) is 6.15. The second-order valence-electron chi connectivity index (χ2n) is 6.15. The third kappa shape index (κ3) is 3.43. The van der Waals surface area contributed by atoms with Crippen LogP contribution in [0.15, 0.2) is 66.0 Å². The fourth-order valence-electron chi connectivity index (χ4n) is 2.94. The zero-order chi connectivity index (χ0) is 20.4. The lowest BCUT2D eigenvalue weighted by atomic mass is 10.1. The van der Waals surface area contributed by atoms with Gasteiger partial charge in [-0.25, -0.2) is 9.78 Å². The van der Waals surface area contributed by atoms with E-state index in [1.54, 1.807) is 43.6 Å². The number of benzene rings is 1. The Morgan fingerprint density at radius 3 is 2.93 bits per heavy atom. The van der Waals surface area contributed by atoms with Crippen LogP contribution in [0.3, 0.4) is 0 Å². The molecule has 0 saturated carbocycles. The summed E-state index contributed by atoms with van der Waals surface area (Å²) in [5.41, 5.74) is 1.37. The van der Waals surface area contributed by atoms with Crippen LogP contribution in [-0.2, 0) is 19.1 Å². The van der Waals surface area contributed by atoms with Crippen molar-refractivity contribution in [3.63, 3.8) is 0 Å². The van der Waals surface area contributed by atoms with Crippen molar-refractivity contribution in [1.82, 2.24) is 9.97 Å². The third-order valence-electron chi connectivity index (χ3n) is 4.29. The van der Waals surface area contributed by atoms with Crippen molar-refractivity contribution in [3.05, 3.63) is 71.6 Å². The summed E-state index contributed by atoms with van der Waals surface area (Å²) in [5, 5.41) is 13.6. The van der Waals surface area contributed by atoms with Crippen molar-refractivity contribution in [1.29, 1.82) is 0 Å². The van der Waals surface area contributed by atoms with Crippen molar-refractivity contribution in [2.24, 2.45) is 0 Å². The van der Waals surface area contributed by atoms with Crippen LogP contribution in [0.1, 0.15) is 12.5 Å². The molecule has 0 unspecified atom stereocenters. The number of fused-ring (bicyclic) bond motifs is 1. The molecule has 3 heterocycles. The summed E-state index contributed by atoms with van der Waals surface area (Å²) in [7, 11) is 0. The molecule has 0 fully saturated rings. The summed E-state index contributed by atoms with van der Waals surface area (Å²) in [5.74, 6) is -1.62. The molecule has 8 heteroatoms. The summed E-state index contributed by atoms with van der Waals surface area (Å²) in [6, 6.07) is 10.0. The molecule has 8 nitrogen and oxygen atoms in total. The number of ether oxygens (including phenoxy) is 2. The van der Waals surface area contributed by atoms with Gasteiger partial charge < -0.3 is 24.9 Å². The maximum Gasteiger partial charge on any atom is 0.347 e. The molecule has 0 spiro atoms. The van der Waals surface area contributed by atoms with Gasteiger partial charge in [0, 0.05) is 23.3 Å². The Bertz CT molecular complexity index is 1180. The number of H-pyrrole nitrogens is 1. The van der Waals surface area contributed by atoms with E-state index in [0.29, 0.717) is 11.2 Å². The quantitative estimate of drug-likeness (QED) is 0.265. The van der Waals surface area contributed by atoms with E-state index < -0.39 is 11.8 Å². The Balaban J connectivity index is 1.72. The van der Waals surface area contributed by atoms with E-state index in [1.807, 2.05) is 6.07 Å². The molecule has 4 rings (SSSR count). The Kier molecular flexibility index (Phi) is 4.74. The van der Waals surface area contributed by atoms with E-state index in [-0.39, 0.29) is 35.3 Å². The summed E-state index contributed by atoms with van der Waals surface area (Å²) >= 11 is 0. The number of aromatic amines is 1. The molecule has 0 amide bonds.